The van der Waals surface area contributed by atoms with Crippen molar-refractivity contribution in [1.82, 2.24) is 9.55 Å². The summed E-state index contributed by atoms with van der Waals surface area (Å²) in [5.74, 6) is -0.286. The molecule has 0 spiro atoms. The van der Waals surface area contributed by atoms with Gasteiger partial charge >= 0.3 is 5.97 Å². The Morgan fingerprint density at radius 3 is 2.63 bits per heavy atom. The number of aliphatic hydroxyl groups excluding tert-OH is 1. The van der Waals surface area contributed by atoms with Crippen molar-refractivity contribution in [2.45, 2.75) is 32.1 Å². The number of nitrogens with zero attached hydrogens (tertiary/aromatic N) is 2. The Morgan fingerprint density at radius 1 is 1.23 bits per heavy atom. The first-order valence-electron chi connectivity index (χ1n) is 9.45. The molecule has 5 rings (SSSR count). The standard InChI is InChI=1S/C21H18N2O7/c1-2-21(28,20(26)27)13-5-15-18-11(7-23(15)19(25)12(13)8-24)3-10-4-16-17(30-9-29-16)6-14(10)22-18/h3-6,24,28H,2,7-9H2,1H3,(H,26,27)/t21-/m1/s1. The van der Waals surface area contributed by atoms with Crippen molar-refractivity contribution in [3.05, 3.63) is 51.3 Å². The van der Waals surface area contributed by atoms with Crippen molar-refractivity contribution >= 4 is 16.9 Å². The molecular weight excluding hydrogens is 392 g/mol. The van der Waals surface area contributed by atoms with Crippen molar-refractivity contribution in [3.8, 4) is 22.9 Å². The Balaban J connectivity index is 1.77. The van der Waals surface area contributed by atoms with E-state index in [-0.39, 0.29) is 30.9 Å². The van der Waals surface area contributed by atoms with E-state index in [0.29, 0.717) is 28.4 Å². The van der Waals surface area contributed by atoms with Crippen molar-refractivity contribution in [2.24, 2.45) is 0 Å². The van der Waals surface area contributed by atoms with Gasteiger partial charge in [-0.25, -0.2) is 9.78 Å². The molecule has 4 heterocycles. The maximum Gasteiger partial charge on any atom is 0.340 e. The molecule has 0 saturated carbocycles. The molecule has 0 aliphatic carbocycles. The van der Waals surface area contributed by atoms with Crippen LogP contribution in [0.25, 0.3) is 22.3 Å². The lowest BCUT2D eigenvalue weighted by molar-refractivity contribution is -0.160. The maximum absolute atomic E-state index is 13.1. The Morgan fingerprint density at radius 2 is 1.97 bits per heavy atom. The molecule has 2 aromatic heterocycles. The molecule has 3 N–H and O–H groups in total. The van der Waals surface area contributed by atoms with Crippen LogP contribution in [0.1, 0.15) is 30.0 Å². The molecule has 2 aliphatic heterocycles. The highest BCUT2D eigenvalue weighted by molar-refractivity contribution is 5.87. The normalized spacial score (nSPS) is 15.7. The number of rotatable bonds is 4. The number of pyridine rings is 2. The van der Waals surface area contributed by atoms with Gasteiger partial charge in [-0.1, -0.05) is 6.92 Å². The highest BCUT2D eigenvalue weighted by Gasteiger charge is 2.40. The summed E-state index contributed by atoms with van der Waals surface area (Å²) in [6.07, 6.45) is -0.167. The number of aromatic nitrogens is 2. The van der Waals surface area contributed by atoms with Gasteiger partial charge in [0.2, 0.25) is 6.79 Å². The van der Waals surface area contributed by atoms with Crippen LogP contribution in [0.15, 0.2) is 29.1 Å². The van der Waals surface area contributed by atoms with Crippen molar-refractivity contribution in [2.75, 3.05) is 6.79 Å². The summed E-state index contributed by atoms with van der Waals surface area (Å²) < 4.78 is 12.2. The summed E-state index contributed by atoms with van der Waals surface area (Å²) in [5, 5.41) is 30.9. The zero-order chi connectivity index (χ0) is 21.2. The molecule has 0 amide bonds. The Kier molecular flexibility index (Phi) is 3.89. The second-order valence-corrected chi connectivity index (χ2v) is 7.38. The number of carbonyl (C=O) groups is 1. The van der Waals surface area contributed by atoms with Crippen molar-refractivity contribution in [1.29, 1.82) is 0 Å². The number of benzene rings is 1. The molecule has 3 aromatic rings. The van der Waals surface area contributed by atoms with Crippen LogP contribution in [0, 0.1) is 0 Å². The van der Waals surface area contributed by atoms with Crippen LogP contribution in [-0.4, -0.2) is 37.6 Å². The number of aliphatic carboxylic acids is 1. The summed E-state index contributed by atoms with van der Waals surface area (Å²) in [4.78, 5) is 29.5. The summed E-state index contributed by atoms with van der Waals surface area (Å²) in [6.45, 7) is 1.19. The fourth-order valence-electron chi connectivity index (χ4n) is 4.14. The molecule has 9 nitrogen and oxygen atoms in total. The molecule has 9 heteroatoms. The molecule has 0 fully saturated rings. The van der Waals surface area contributed by atoms with E-state index in [1.807, 2.05) is 12.1 Å². The SMILES string of the molecule is CC[C@](O)(C(=O)O)c1cc2n(c(=O)c1CO)Cc1cc3cc4c(cc3nc1-2)OCO4. The zero-order valence-corrected chi connectivity index (χ0v) is 16.0. The number of aliphatic hydroxyl groups is 2. The van der Waals surface area contributed by atoms with E-state index in [0.717, 1.165) is 10.9 Å². The quantitative estimate of drug-likeness (QED) is 0.459. The van der Waals surface area contributed by atoms with E-state index in [4.69, 9.17) is 9.47 Å². The number of fused-ring (bicyclic) bond motifs is 5. The lowest BCUT2D eigenvalue weighted by Gasteiger charge is -2.25. The predicted molar refractivity (Wildman–Crippen MR) is 104 cm³/mol. The largest absolute Gasteiger partial charge is 0.479 e. The van der Waals surface area contributed by atoms with E-state index in [1.54, 1.807) is 6.07 Å². The average molecular weight is 410 g/mol. The Labute approximate surface area is 169 Å². The average Bonchev–Trinajstić information content (AvgIpc) is 3.33. The molecule has 2 aliphatic rings. The zero-order valence-electron chi connectivity index (χ0n) is 16.0. The molecule has 0 bridgehead atoms. The smallest absolute Gasteiger partial charge is 0.340 e. The first kappa shape index (κ1) is 18.6. The molecule has 30 heavy (non-hydrogen) atoms. The van der Waals surface area contributed by atoms with Gasteiger partial charge in [-0.3, -0.25) is 4.79 Å². The number of carboxylic acid groups (broad SMARTS) is 1. The first-order valence-corrected chi connectivity index (χ1v) is 9.45. The molecule has 1 aromatic carbocycles. The predicted octanol–water partition coefficient (Wildman–Crippen LogP) is 1.33. The van der Waals surface area contributed by atoms with E-state index >= 15 is 0 Å². The fraction of sp³-hybridized carbons (Fsp3) is 0.286. The van der Waals surface area contributed by atoms with Crippen LogP contribution in [0.5, 0.6) is 11.5 Å². The van der Waals surface area contributed by atoms with Crippen LogP contribution in [0.4, 0.5) is 0 Å². The minimum Gasteiger partial charge on any atom is -0.479 e. The number of carboxylic acids is 1. The van der Waals surface area contributed by atoms with Crippen LogP contribution in [0.3, 0.4) is 0 Å². The van der Waals surface area contributed by atoms with Crippen LogP contribution >= 0.6 is 0 Å². The summed E-state index contributed by atoms with van der Waals surface area (Å²) in [7, 11) is 0. The summed E-state index contributed by atoms with van der Waals surface area (Å²) in [6, 6.07) is 6.92. The lowest BCUT2D eigenvalue weighted by atomic mass is 9.87. The van der Waals surface area contributed by atoms with E-state index in [1.165, 1.54) is 17.6 Å². The molecular formula is C21H18N2O7. The topological polar surface area (TPSA) is 131 Å². The van der Waals surface area contributed by atoms with Gasteiger partial charge < -0.3 is 29.4 Å². The maximum atomic E-state index is 13.1. The van der Waals surface area contributed by atoms with Gasteiger partial charge in [-0.15, -0.1) is 0 Å². The van der Waals surface area contributed by atoms with Gasteiger partial charge in [0.05, 0.1) is 30.1 Å². The molecule has 0 radical (unpaired) electrons. The van der Waals surface area contributed by atoms with Crippen molar-refractivity contribution in [3.63, 3.8) is 0 Å². The van der Waals surface area contributed by atoms with E-state index in [2.05, 4.69) is 4.98 Å². The first-order chi connectivity index (χ1) is 14.4. The number of hydrogen-bond donors (Lipinski definition) is 3. The molecule has 0 saturated heterocycles. The minimum absolute atomic E-state index is 0.114. The van der Waals surface area contributed by atoms with E-state index in [9.17, 15) is 24.9 Å². The Bertz CT molecular complexity index is 1300. The number of ether oxygens (including phenoxy) is 2. The summed E-state index contributed by atoms with van der Waals surface area (Å²) in [5.41, 5.74) is -0.763. The molecule has 0 unspecified atom stereocenters. The van der Waals surface area contributed by atoms with Gasteiger partial charge in [-0.2, -0.15) is 0 Å². The van der Waals surface area contributed by atoms with Gasteiger partial charge in [-0.05, 0) is 24.6 Å². The third-order valence-corrected chi connectivity index (χ3v) is 5.83. The fourth-order valence-corrected chi connectivity index (χ4v) is 4.14. The molecule has 1 atom stereocenters. The van der Waals surface area contributed by atoms with Crippen LogP contribution in [-0.2, 0) is 23.5 Å². The monoisotopic (exact) mass is 410 g/mol. The summed E-state index contributed by atoms with van der Waals surface area (Å²) >= 11 is 0. The van der Waals surface area contributed by atoms with Gasteiger partial charge in [0, 0.05) is 28.1 Å². The third kappa shape index (κ3) is 2.39. The third-order valence-electron chi connectivity index (χ3n) is 5.83. The minimum atomic E-state index is -2.29. The molecule has 154 valence electrons. The Hall–Kier alpha value is -3.43. The van der Waals surface area contributed by atoms with Crippen LogP contribution in [0.2, 0.25) is 0 Å². The van der Waals surface area contributed by atoms with Gasteiger partial charge in [0.25, 0.3) is 5.56 Å². The highest BCUT2D eigenvalue weighted by atomic mass is 16.7. The number of hydrogen-bond acceptors (Lipinski definition) is 7. The van der Waals surface area contributed by atoms with Crippen molar-refractivity contribution < 1.29 is 29.6 Å². The van der Waals surface area contributed by atoms with E-state index < -0.39 is 23.7 Å². The van der Waals surface area contributed by atoms with Gasteiger partial charge in [0.1, 0.15) is 0 Å². The second-order valence-electron chi connectivity index (χ2n) is 7.38. The van der Waals surface area contributed by atoms with Gasteiger partial charge in [0.15, 0.2) is 17.1 Å². The van der Waals surface area contributed by atoms with Crippen LogP contribution < -0.4 is 15.0 Å². The second kappa shape index (κ2) is 6.28. The highest BCUT2D eigenvalue weighted by Crippen LogP contribution is 2.40. The lowest BCUT2D eigenvalue weighted by Crippen LogP contribution is -2.39.